The minimum atomic E-state index is -0.630. The van der Waals surface area contributed by atoms with Crippen molar-refractivity contribution in [3.05, 3.63) is 0 Å². The molecule has 1 aliphatic carbocycles. The lowest BCUT2D eigenvalue weighted by Crippen LogP contribution is -2.32. The summed E-state index contributed by atoms with van der Waals surface area (Å²) >= 11 is 0. The molecular formula is C26H48O6. The van der Waals surface area contributed by atoms with Crippen molar-refractivity contribution in [3.8, 4) is 0 Å². The number of unbranched alkanes of at least 4 members (excludes halogenated alkanes) is 7. The molecule has 6 nitrogen and oxygen atoms in total. The predicted molar refractivity (Wildman–Crippen MR) is 127 cm³/mol. The van der Waals surface area contributed by atoms with Crippen LogP contribution >= 0.6 is 0 Å². The van der Waals surface area contributed by atoms with Crippen molar-refractivity contribution in [2.45, 2.75) is 130 Å². The third-order valence-corrected chi connectivity index (χ3v) is 5.91. The quantitative estimate of drug-likeness (QED) is 0.174. The second-order valence-corrected chi connectivity index (χ2v) is 10.0. The molecule has 6 heteroatoms. The highest BCUT2D eigenvalue weighted by Gasteiger charge is 2.28. The highest BCUT2D eigenvalue weighted by atomic mass is 16.7. The number of rotatable bonds is 16. The molecule has 0 bridgehead atoms. The van der Waals surface area contributed by atoms with Crippen molar-refractivity contribution in [1.29, 1.82) is 0 Å². The lowest BCUT2D eigenvalue weighted by Gasteiger charge is -2.28. The molecule has 1 saturated carbocycles. The lowest BCUT2D eigenvalue weighted by atomic mass is 9.95. The molecule has 0 aromatic carbocycles. The van der Waals surface area contributed by atoms with Crippen LogP contribution in [0.4, 0.5) is 9.59 Å². The summed E-state index contributed by atoms with van der Waals surface area (Å²) in [6, 6.07) is 0. The van der Waals surface area contributed by atoms with Gasteiger partial charge in [-0.3, -0.25) is 0 Å². The zero-order chi connectivity index (χ0) is 23.6. The van der Waals surface area contributed by atoms with Gasteiger partial charge in [0.25, 0.3) is 0 Å². The first-order valence-corrected chi connectivity index (χ1v) is 13.0. The number of hydrogen-bond donors (Lipinski definition) is 0. The smallest absolute Gasteiger partial charge is 0.434 e. The van der Waals surface area contributed by atoms with Crippen LogP contribution < -0.4 is 0 Å². The van der Waals surface area contributed by atoms with Gasteiger partial charge in [0.05, 0.1) is 13.2 Å². The molecule has 0 aliphatic heterocycles. The lowest BCUT2D eigenvalue weighted by molar-refractivity contribution is -0.0353. The van der Waals surface area contributed by atoms with Crippen molar-refractivity contribution in [2.24, 2.45) is 11.8 Å². The van der Waals surface area contributed by atoms with E-state index in [1.807, 2.05) is 0 Å². The first-order chi connectivity index (χ1) is 15.4. The summed E-state index contributed by atoms with van der Waals surface area (Å²) in [7, 11) is 0. The van der Waals surface area contributed by atoms with Crippen LogP contribution in [-0.2, 0) is 18.9 Å². The van der Waals surface area contributed by atoms with Gasteiger partial charge in [-0.2, -0.15) is 0 Å². The molecule has 188 valence electrons. The van der Waals surface area contributed by atoms with Crippen molar-refractivity contribution in [2.75, 3.05) is 13.2 Å². The van der Waals surface area contributed by atoms with Crippen LogP contribution in [-0.4, -0.2) is 37.7 Å². The molecule has 0 aromatic heterocycles. The standard InChI is InChI=1S/C26H48O6/c1-21(2)14-11-9-7-5-6-8-10-12-18-29-25(27)31-23-15-13-16-24(20-23)32-26(28)30-19-17-22(3)4/h21-24H,5-20H2,1-4H3. The molecule has 1 fully saturated rings. The molecule has 0 N–H and O–H groups in total. The van der Waals surface area contributed by atoms with Crippen LogP contribution in [0.5, 0.6) is 0 Å². The van der Waals surface area contributed by atoms with Gasteiger partial charge in [-0.15, -0.1) is 0 Å². The molecule has 0 radical (unpaired) electrons. The highest BCUT2D eigenvalue weighted by molar-refractivity contribution is 5.60. The summed E-state index contributed by atoms with van der Waals surface area (Å²) in [5.41, 5.74) is 0. The van der Waals surface area contributed by atoms with Gasteiger partial charge in [0.15, 0.2) is 0 Å². The molecule has 2 unspecified atom stereocenters. The monoisotopic (exact) mass is 456 g/mol. The molecule has 0 spiro atoms. The fourth-order valence-corrected chi connectivity index (χ4v) is 3.91. The van der Waals surface area contributed by atoms with E-state index in [2.05, 4.69) is 27.7 Å². The first kappa shape index (κ1) is 28.6. The maximum absolute atomic E-state index is 12.0. The molecule has 2 atom stereocenters. The Bertz CT molecular complexity index is 491. The summed E-state index contributed by atoms with van der Waals surface area (Å²) < 4.78 is 21.1. The molecule has 0 amide bonds. The van der Waals surface area contributed by atoms with Gasteiger partial charge < -0.3 is 18.9 Å². The molecule has 1 aliphatic rings. The van der Waals surface area contributed by atoms with Crippen LogP contribution in [0, 0.1) is 11.8 Å². The van der Waals surface area contributed by atoms with E-state index in [1.165, 1.54) is 44.9 Å². The molecule has 0 heterocycles. The number of ether oxygens (including phenoxy) is 4. The van der Waals surface area contributed by atoms with Crippen LogP contribution in [0.3, 0.4) is 0 Å². The van der Waals surface area contributed by atoms with Gasteiger partial charge in [0, 0.05) is 6.42 Å². The summed E-state index contributed by atoms with van der Waals surface area (Å²) in [6.45, 7) is 9.50. The van der Waals surface area contributed by atoms with Crippen molar-refractivity contribution < 1.29 is 28.5 Å². The average Bonchev–Trinajstić information content (AvgIpc) is 2.71. The van der Waals surface area contributed by atoms with Gasteiger partial charge in [-0.1, -0.05) is 79.1 Å². The first-order valence-electron chi connectivity index (χ1n) is 13.0. The fourth-order valence-electron chi connectivity index (χ4n) is 3.91. The largest absolute Gasteiger partial charge is 0.508 e. The molecule has 0 saturated heterocycles. The molecule has 32 heavy (non-hydrogen) atoms. The van der Waals surface area contributed by atoms with Crippen LogP contribution in [0.15, 0.2) is 0 Å². The van der Waals surface area contributed by atoms with Crippen molar-refractivity contribution >= 4 is 12.3 Å². The molecule has 1 rings (SSSR count). The Balaban J connectivity index is 2.01. The Labute approximate surface area is 196 Å². The maximum Gasteiger partial charge on any atom is 0.508 e. The Morgan fingerprint density at radius 2 is 1.12 bits per heavy atom. The van der Waals surface area contributed by atoms with Gasteiger partial charge in [0.2, 0.25) is 0 Å². The number of carbonyl (C=O) groups is 2. The van der Waals surface area contributed by atoms with Crippen molar-refractivity contribution in [1.82, 2.24) is 0 Å². The van der Waals surface area contributed by atoms with E-state index in [1.54, 1.807) is 0 Å². The second kappa shape index (κ2) is 18.0. The van der Waals surface area contributed by atoms with E-state index in [0.717, 1.165) is 44.4 Å². The van der Waals surface area contributed by atoms with Crippen molar-refractivity contribution in [3.63, 3.8) is 0 Å². The normalized spacial score (nSPS) is 18.6. The minimum absolute atomic E-state index is 0.264. The van der Waals surface area contributed by atoms with E-state index in [9.17, 15) is 9.59 Å². The van der Waals surface area contributed by atoms with Crippen LogP contribution in [0.25, 0.3) is 0 Å². The Hall–Kier alpha value is -1.46. The van der Waals surface area contributed by atoms with E-state index in [0.29, 0.717) is 25.6 Å². The zero-order valence-electron chi connectivity index (χ0n) is 21.1. The fraction of sp³-hybridized carbons (Fsp3) is 0.923. The molecular weight excluding hydrogens is 408 g/mol. The summed E-state index contributed by atoms with van der Waals surface area (Å²) in [5.74, 6) is 1.29. The molecule has 0 aromatic rings. The van der Waals surface area contributed by atoms with Gasteiger partial charge in [-0.05, 0) is 43.9 Å². The van der Waals surface area contributed by atoms with Gasteiger partial charge in [-0.25, -0.2) is 9.59 Å². The van der Waals surface area contributed by atoms with E-state index in [4.69, 9.17) is 18.9 Å². The third-order valence-electron chi connectivity index (χ3n) is 5.91. The topological polar surface area (TPSA) is 71.1 Å². The van der Waals surface area contributed by atoms with Crippen LogP contribution in [0.1, 0.15) is 118 Å². The third kappa shape index (κ3) is 16.2. The predicted octanol–water partition coefficient (Wildman–Crippen LogP) is 7.82. The minimum Gasteiger partial charge on any atom is -0.434 e. The van der Waals surface area contributed by atoms with E-state index < -0.39 is 12.3 Å². The summed E-state index contributed by atoms with van der Waals surface area (Å²) in [6.07, 6.45) is 13.0. The summed E-state index contributed by atoms with van der Waals surface area (Å²) in [4.78, 5) is 23.7. The SMILES string of the molecule is CC(C)CCCCCCCCCCOC(=O)OC1CCCC(OC(=O)OCCC(C)C)C1. The van der Waals surface area contributed by atoms with Crippen LogP contribution in [0.2, 0.25) is 0 Å². The van der Waals surface area contributed by atoms with E-state index in [-0.39, 0.29) is 12.2 Å². The highest BCUT2D eigenvalue weighted by Crippen LogP contribution is 2.24. The maximum atomic E-state index is 12.0. The second-order valence-electron chi connectivity index (χ2n) is 10.0. The Morgan fingerprint density at radius 3 is 1.66 bits per heavy atom. The number of hydrogen-bond acceptors (Lipinski definition) is 6. The average molecular weight is 457 g/mol. The van der Waals surface area contributed by atoms with Gasteiger partial charge >= 0.3 is 12.3 Å². The number of carbonyl (C=O) groups excluding carboxylic acids is 2. The Morgan fingerprint density at radius 1 is 0.656 bits per heavy atom. The summed E-state index contributed by atoms with van der Waals surface area (Å²) in [5, 5.41) is 0. The Kier molecular flexibility index (Phi) is 16.1. The van der Waals surface area contributed by atoms with E-state index >= 15 is 0 Å². The zero-order valence-corrected chi connectivity index (χ0v) is 21.1. The van der Waals surface area contributed by atoms with Gasteiger partial charge in [0.1, 0.15) is 12.2 Å².